The number of oxazole rings is 3. The van der Waals surface area contributed by atoms with Crippen molar-refractivity contribution in [2.24, 2.45) is 0 Å². The summed E-state index contributed by atoms with van der Waals surface area (Å²) in [5.41, 5.74) is 16.4. The zero-order valence-electron chi connectivity index (χ0n) is 33.9. The highest BCUT2D eigenvalue weighted by Crippen LogP contribution is 2.38. The second-order valence-corrected chi connectivity index (χ2v) is 15.0. The van der Waals surface area contributed by atoms with Gasteiger partial charge in [0.2, 0.25) is 17.7 Å². The normalized spacial score (nSPS) is 11.5. The summed E-state index contributed by atoms with van der Waals surface area (Å²) in [4.78, 5) is 14.3. The molecule has 3 aromatic heterocycles. The summed E-state index contributed by atoms with van der Waals surface area (Å²) in [5, 5.41) is 0. The smallest absolute Gasteiger partial charge is 0.227 e. The van der Waals surface area contributed by atoms with Crippen LogP contribution in [0.25, 0.3) is 101 Å². The lowest BCUT2D eigenvalue weighted by atomic mass is 9.92. The van der Waals surface area contributed by atoms with Gasteiger partial charge in [0.25, 0.3) is 0 Å². The number of benzene rings is 7. The van der Waals surface area contributed by atoms with Gasteiger partial charge in [-0.25, -0.2) is 15.0 Å². The largest absolute Gasteiger partial charge is 0.496 e. The molecule has 0 atom stereocenters. The van der Waals surface area contributed by atoms with Gasteiger partial charge < -0.3 is 27.5 Å². The molecule has 0 spiro atoms. The van der Waals surface area contributed by atoms with Gasteiger partial charge in [-0.3, -0.25) is 0 Å². The summed E-state index contributed by atoms with van der Waals surface area (Å²) in [5.74, 6) is 3.97. The molecule has 9 nitrogen and oxygen atoms in total. The monoisotopic (exact) mass is 789 g/mol. The van der Waals surface area contributed by atoms with Crippen molar-refractivity contribution in [2.45, 2.75) is 20.8 Å². The number of rotatable bonds is 9. The Morgan fingerprint density at radius 2 is 0.567 bits per heavy atom. The van der Waals surface area contributed by atoms with Crippen molar-refractivity contribution in [3.8, 4) is 85.0 Å². The SMILES string of the molecule is COc1cc2oc(-c3ccc(-c4cc(-c5ccc(-c6nc7cc(C)c(OC)cc7o6)cc5)cc(-c5ccc(-c6nc7cc(C)c(OC)cc7o6)cc5)c4)cc3)nc2cc1C. The number of fused-ring (bicyclic) bond motifs is 3. The minimum Gasteiger partial charge on any atom is -0.496 e. The Hall–Kier alpha value is -7.65. The van der Waals surface area contributed by atoms with E-state index in [9.17, 15) is 0 Å². The Morgan fingerprint density at radius 1 is 0.317 bits per heavy atom. The van der Waals surface area contributed by atoms with E-state index in [1.54, 1.807) is 21.3 Å². The second kappa shape index (κ2) is 14.6. The summed E-state index contributed by atoms with van der Waals surface area (Å²) >= 11 is 0. The molecule has 0 aliphatic rings. The van der Waals surface area contributed by atoms with Gasteiger partial charge >= 0.3 is 0 Å². The van der Waals surface area contributed by atoms with E-state index < -0.39 is 0 Å². The molecule has 0 fully saturated rings. The molecule has 10 rings (SSSR count). The quantitative estimate of drug-likeness (QED) is 0.141. The Bertz CT molecular complexity index is 2870. The summed E-state index contributed by atoms with van der Waals surface area (Å²) in [7, 11) is 4.98. The lowest BCUT2D eigenvalue weighted by Crippen LogP contribution is -1.88. The van der Waals surface area contributed by atoms with Crippen LogP contribution in [0.2, 0.25) is 0 Å². The van der Waals surface area contributed by atoms with Crippen molar-refractivity contribution < 1.29 is 27.5 Å². The van der Waals surface area contributed by atoms with Crippen molar-refractivity contribution in [1.82, 2.24) is 15.0 Å². The Labute approximate surface area is 345 Å². The fourth-order valence-corrected chi connectivity index (χ4v) is 7.75. The predicted octanol–water partition coefficient (Wildman–Crippen LogP) is 13.1. The van der Waals surface area contributed by atoms with Crippen LogP contribution >= 0.6 is 0 Å². The van der Waals surface area contributed by atoms with Gasteiger partial charge in [-0.05, 0) is 144 Å². The topological polar surface area (TPSA) is 106 Å². The van der Waals surface area contributed by atoms with Crippen LogP contribution in [0, 0.1) is 20.8 Å². The lowest BCUT2D eigenvalue weighted by molar-refractivity contribution is 0.411. The van der Waals surface area contributed by atoms with E-state index in [-0.39, 0.29) is 0 Å². The maximum Gasteiger partial charge on any atom is 0.227 e. The molecule has 0 saturated carbocycles. The minimum atomic E-state index is 0.556. The van der Waals surface area contributed by atoms with Crippen LogP contribution in [0.5, 0.6) is 17.2 Å². The highest BCUT2D eigenvalue weighted by molar-refractivity contribution is 5.85. The highest BCUT2D eigenvalue weighted by atomic mass is 16.5. The van der Waals surface area contributed by atoms with Gasteiger partial charge in [0.05, 0.1) is 21.3 Å². The van der Waals surface area contributed by atoms with Gasteiger partial charge in [-0.2, -0.15) is 0 Å². The van der Waals surface area contributed by atoms with Crippen molar-refractivity contribution in [1.29, 1.82) is 0 Å². The number of aromatic nitrogens is 3. The predicted molar refractivity (Wildman–Crippen MR) is 236 cm³/mol. The Kier molecular flexibility index (Phi) is 8.94. The van der Waals surface area contributed by atoms with Crippen LogP contribution < -0.4 is 14.2 Å². The molecule has 0 unspecified atom stereocenters. The molecular formula is C51H39N3O6. The number of hydrogen-bond acceptors (Lipinski definition) is 9. The third kappa shape index (κ3) is 6.60. The molecule has 60 heavy (non-hydrogen) atoms. The van der Waals surface area contributed by atoms with Crippen LogP contribution in [-0.2, 0) is 0 Å². The first-order valence-corrected chi connectivity index (χ1v) is 19.6. The molecule has 7 aromatic carbocycles. The average Bonchev–Trinajstić information content (AvgIpc) is 4.02. The maximum atomic E-state index is 6.17. The maximum absolute atomic E-state index is 6.17. The van der Waals surface area contributed by atoms with Crippen molar-refractivity contribution >= 4 is 33.3 Å². The van der Waals surface area contributed by atoms with E-state index >= 15 is 0 Å². The number of ether oxygens (including phenoxy) is 3. The summed E-state index contributed by atoms with van der Waals surface area (Å²) in [6.07, 6.45) is 0. The average molecular weight is 790 g/mol. The first-order valence-electron chi connectivity index (χ1n) is 19.6. The molecule has 0 aliphatic heterocycles. The molecule has 0 bridgehead atoms. The molecular weight excluding hydrogens is 751 g/mol. The van der Waals surface area contributed by atoms with Crippen LogP contribution in [0.4, 0.5) is 0 Å². The van der Waals surface area contributed by atoms with E-state index in [2.05, 4.69) is 91.0 Å². The molecule has 3 heterocycles. The molecule has 294 valence electrons. The number of aryl methyl sites for hydroxylation is 3. The fourth-order valence-electron chi connectivity index (χ4n) is 7.75. The van der Waals surface area contributed by atoms with Gasteiger partial charge in [-0.15, -0.1) is 0 Å². The number of nitrogens with zero attached hydrogens (tertiary/aromatic N) is 3. The van der Waals surface area contributed by atoms with E-state index in [4.69, 9.17) is 42.4 Å². The summed E-state index contributed by atoms with van der Waals surface area (Å²) in [6.45, 7) is 6.00. The summed E-state index contributed by atoms with van der Waals surface area (Å²) < 4.78 is 35.0. The van der Waals surface area contributed by atoms with Crippen molar-refractivity contribution in [2.75, 3.05) is 21.3 Å². The fraction of sp³-hybridized carbons (Fsp3) is 0.118. The highest BCUT2D eigenvalue weighted by Gasteiger charge is 2.16. The molecule has 0 saturated heterocycles. The molecule has 9 heteroatoms. The van der Waals surface area contributed by atoms with E-state index in [0.717, 1.165) is 101 Å². The molecule has 0 N–H and O–H groups in total. The Balaban J connectivity index is 1.01. The third-order valence-electron chi connectivity index (χ3n) is 11.0. The van der Waals surface area contributed by atoms with Crippen LogP contribution in [0.1, 0.15) is 16.7 Å². The van der Waals surface area contributed by atoms with Crippen molar-refractivity contribution in [3.05, 3.63) is 144 Å². The zero-order chi connectivity index (χ0) is 41.1. The molecule has 0 radical (unpaired) electrons. The zero-order valence-corrected chi connectivity index (χ0v) is 33.9. The second-order valence-electron chi connectivity index (χ2n) is 15.0. The first kappa shape index (κ1) is 36.7. The van der Waals surface area contributed by atoms with Gasteiger partial charge in [-0.1, -0.05) is 36.4 Å². The van der Waals surface area contributed by atoms with Crippen LogP contribution in [0.15, 0.2) is 141 Å². The van der Waals surface area contributed by atoms with E-state index in [0.29, 0.717) is 34.4 Å². The number of hydrogen-bond donors (Lipinski definition) is 0. The van der Waals surface area contributed by atoms with E-state index in [1.165, 1.54) is 0 Å². The standard InChI is InChI=1S/C51H39N3O6/c1-28-19-40-46(25-43(28)55-4)58-49(52-40)34-13-7-31(8-14-34)37-22-38(32-9-15-35(16-10-32)50-53-41-20-29(2)44(56-5)26-47(41)59-50)24-39(23-37)33-11-17-36(18-12-33)51-54-42-21-30(3)45(57-6)27-48(42)60-51/h7-27H,1-6H3. The minimum absolute atomic E-state index is 0.556. The van der Waals surface area contributed by atoms with Gasteiger partial charge in [0.15, 0.2) is 16.7 Å². The molecule has 0 amide bonds. The third-order valence-corrected chi connectivity index (χ3v) is 11.0. The Morgan fingerprint density at radius 3 is 0.817 bits per heavy atom. The van der Waals surface area contributed by atoms with E-state index in [1.807, 2.05) is 57.2 Å². The van der Waals surface area contributed by atoms with Crippen LogP contribution in [0.3, 0.4) is 0 Å². The summed E-state index contributed by atoms with van der Waals surface area (Å²) in [6, 6.07) is 43.2. The van der Waals surface area contributed by atoms with Crippen molar-refractivity contribution in [3.63, 3.8) is 0 Å². The lowest BCUT2D eigenvalue weighted by Gasteiger charge is -2.12. The van der Waals surface area contributed by atoms with Gasteiger partial charge in [0, 0.05) is 34.9 Å². The number of methoxy groups -OCH3 is 3. The first-order chi connectivity index (χ1) is 29.2. The molecule has 0 aliphatic carbocycles. The molecule has 10 aromatic rings. The van der Waals surface area contributed by atoms with Gasteiger partial charge in [0.1, 0.15) is 33.8 Å². The van der Waals surface area contributed by atoms with Crippen LogP contribution in [-0.4, -0.2) is 36.3 Å².